The average Bonchev–Trinajstić information content (AvgIpc) is 2.48. The van der Waals surface area contributed by atoms with Gasteiger partial charge in [-0.2, -0.15) is 4.72 Å². The van der Waals surface area contributed by atoms with Crippen LogP contribution in [0.4, 0.5) is 4.79 Å². The first kappa shape index (κ1) is 21.9. The van der Waals surface area contributed by atoms with Crippen molar-refractivity contribution >= 4 is 22.1 Å². The van der Waals surface area contributed by atoms with E-state index in [1.807, 2.05) is 6.92 Å². The van der Waals surface area contributed by atoms with Crippen LogP contribution in [0, 0.1) is 20.8 Å². The Labute approximate surface area is 154 Å². The highest BCUT2D eigenvalue weighted by atomic mass is 32.2. The molecule has 0 saturated heterocycles. The molecule has 0 aromatic heterocycles. The van der Waals surface area contributed by atoms with Gasteiger partial charge in [0, 0.05) is 6.54 Å². The number of benzene rings is 1. The van der Waals surface area contributed by atoms with Gasteiger partial charge in [-0.15, -0.1) is 0 Å². The maximum atomic E-state index is 12.8. The number of hydrogen-bond acceptors (Lipinski definition) is 6. The summed E-state index contributed by atoms with van der Waals surface area (Å²) in [6, 6.07) is 2.20. The molecule has 1 aromatic rings. The molecule has 0 aliphatic carbocycles. The quantitative estimate of drug-likeness (QED) is 0.688. The van der Waals surface area contributed by atoms with Crippen molar-refractivity contribution < 1.29 is 27.5 Å². The summed E-state index contributed by atoms with van der Waals surface area (Å²) in [5.41, 5.74) is 2.05. The molecule has 8 nitrogen and oxygen atoms in total. The Balaban J connectivity index is 3.04. The van der Waals surface area contributed by atoms with E-state index in [1.165, 1.54) is 0 Å². The topological polar surface area (TPSA) is 111 Å². The van der Waals surface area contributed by atoms with Crippen molar-refractivity contribution in [3.8, 4) is 0 Å². The van der Waals surface area contributed by atoms with Gasteiger partial charge in [0.15, 0.2) is 0 Å². The van der Waals surface area contributed by atoms with Gasteiger partial charge in [0.25, 0.3) is 0 Å². The fourth-order valence-corrected chi connectivity index (χ4v) is 4.23. The molecule has 0 heterocycles. The van der Waals surface area contributed by atoms with Crippen LogP contribution in [-0.4, -0.2) is 46.3 Å². The Morgan fingerprint density at radius 2 is 1.65 bits per heavy atom. The minimum Gasteiger partial charge on any atom is -0.468 e. The molecular weight excluding hydrogens is 360 g/mol. The van der Waals surface area contributed by atoms with Crippen molar-refractivity contribution in [3.05, 3.63) is 28.8 Å². The van der Waals surface area contributed by atoms with Crippen molar-refractivity contribution in [1.29, 1.82) is 0 Å². The maximum absolute atomic E-state index is 12.8. The van der Waals surface area contributed by atoms with E-state index in [1.54, 1.807) is 39.8 Å². The molecule has 1 aromatic carbocycles. The van der Waals surface area contributed by atoms with E-state index in [0.29, 0.717) is 11.1 Å². The summed E-state index contributed by atoms with van der Waals surface area (Å²) in [7, 11) is -2.87. The number of sulfonamides is 1. The summed E-state index contributed by atoms with van der Waals surface area (Å²) < 4.78 is 37.4. The van der Waals surface area contributed by atoms with Gasteiger partial charge in [-0.05, 0) is 45.7 Å². The second-order valence-electron chi connectivity index (χ2n) is 6.26. The van der Waals surface area contributed by atoms with Gasteiger partial charge in [0.1, 0.15) is 6.04 Å². The number of carbonyl (C=O) groups is 2. The first-order valence-corrected chi connectivity index (χ1v) is 9.58. The van der Waals surface area contributed by atoms with E-state index in [9.17, 15) is 18.0 Å². The first-order valence-electron chi connectivity index (χ1n) is 8.10. The lowest BCUT2D eigenvalue weighted by Gasteiger charge is -2.19. The predicted molar refractivity (Wildman–Crippen MR) is 96.4 cm³/mol. The highest BCUT2D eigenvalue weighted by molar-refractivity contribution is 7.89. The molecule has 0 fully saturated rings. The maximum Gasteiger partial charge on any atom is 0.407 e. The Morgan fingerprint density at radius 1 is 1.12 bits per heavy atom. The van der Waals surface area contributed by atoms with E-state index >= 15 is 0 Å². The fourth-order valence-electron chi connectivity index (χ4n) is 2.59. The van der Waals surface area contributed by atoms with Crippen LogP contribution in [0.25, 0.3) is 0 Å². The number of aryl methyl sites for hydroxylation is 3. The van der Waals surface area contributed by atoms with Crippen LogP contribution < -0.4 is 10.0 Å². The molecule has 2 N–H and O–H groups in total. The summed E-state index contributed by atoms with van der Waals surface area (Å²) in [5, 5.41) is 2.35. The Morgan fingerprint density at radius 3 is 2.12 bits per heavy atom. The van der Waals surface area contributed by atoms with E-state index < -0.39 is 28.1 Å². The zero-order valence-corrected chi connectivity index (χ0v) is 16.7. The summed E-state index contributed by atoms with van der Waals surface area (Å²) >= 11 is 0. The van der Waals surface area contributed by atoms with Crippen LogP contribution in [-0.2, 0) is 24.3 Å². The summed E-state index contributed by atoms with van der Waals surface area (Å²) in [5.74, 6) is -0.819. The number of ether oxygens (including phenoxy) is 2. The number of carbonyl (C=O) groups excluding carboxylic acids is 2. The van der Waals surface area contributed by atoms with Crippen molar-refractivity contribution in [2.75, 3.05) is 13.7 Å². The molecule has 0 aliphatic heterocycles. The number of rotatable bonds is 7. The molecule has 0 aliphatic rings. The zero-order chi connectivity index (χ0) is 20.1. The largest absolute Gasteiger partial charge is 0.468 e. The van der Waals surface area contributed by atoms with Crippen LogP contribution >= 0.6 is 0 Å². The molecule has 0 bridgehead atoms. The van der Waals surface area contributed by atoms with Crippen LogP contribution in [0.3, 0.4) is 0 Å². The third-order valence-corrected chi connectivity index (χ3v) is 5.23. The standard InChI is InChI=1S/C17H26N2O6S/c1-10(2)25-17(21)18-9-14(16(20)24-6)19-26(22,23)15-12(4)7-11(3)8-13(15)5/h7-8,10,14,19H,9H2,1-6H3,(H,18,21). The van der Waals surface area contributed by atoms with Crippen molar-refractivity contribution in [2.45, 2.75) is 51.7 Å². The van der Waals surface area contributed by atoms with Crippen LogP contribution in [0.1, 0.15) is 30.5 Å². The van der Waals surface area contributed by atoms with E-state index in [0.717, 1.165) is 12.7 Å². The first-order chi connectivity index (χ1) is 12.0. The minimum absolute atomic E-state index is 0.0989. The second kappa shape index (κ2) is 9.00. The van der Waals surface area contributed by atoms with Gasteiger partial charge in [-0.3, -0.25) is 4.79 Å². The molecule has 26 heavy (non-hydrogen) atoms. The molecule has 9 heteroatoms. The van der Waals surface area contributed by atoms with Crippen molar-refractivity contribution in [1.82, 2.24) is 10.0 Å². The number of hydrogen-bond donors (Lipinski definition) is 2. The van der Waals surface area contributed by atoms with Crippen LogP contribution in [0.15, 0.2) is 17.0 Å². The number of nitrogens with one attached hydrogen (secondary N) is 2. The van der Waals surface area contributed by atoms with Gasteiger partial charge in [0.05, 0.1) is 18.1 Å². The number of methoxy groups -OCH3 is 1. The van der Waals surface area contributed by atoms with Gasteiger partial charge >= 0.3 is 12.1 Å². The normalized spacial score (nSPS) is 12.6. The number of amides is 1. The Bertz CT molecular complexity index is 750. The van der Waals surface area contributed by atoms with Gasteiger partial charge in [0.2, 0.25) is 10.0 Å². The molecule has 0 saturated carbocycles. The zero-order valence-electron chi connectivity index (χ0n) is 15.9. The Hall–Kier alpha value is -2.13. The van der Waals surface area contributed by atoms with Crippen LogP contribution in [0.2, 0.25) is 0 Å². The van der Waals surface area contributed by atoms with Crippen LogP contribution in [0.5, 0.6) is 0 Å². The number of alkyl carbamates (subject to hydrolysis) is 1. The Kier molecular flexibility index (Phi) is 7.58. The molecule has 1 rings (SSSR count). The monoisotopic (exact) mass is 386 g/mol. The highest BCUT2D eigenvalue weighted by Crippen LogP contribution is 2.21. The fraction of sp³-hybridized carbons (Fsp3) is 0.529. The molecule has 146 valence electrons. The lowest BCUT2D eigenvalue weighted by molar-refractivity contribution is -0.142. The van der Waals surface area contributed by atoms with Gasteiger partial charge in [-0.25, -0.2) is 13.2 Å². The van der Waals surface area contributed by atoms with Gasteiger partial charge < -0.3 is 14.8 Å². The molecular formula is C17H26N2O6S. The summed E-state index contributed by atoms with van der Waals surface area (Å²) in [6.45, 7) is 8.26. The van der Waals surface area contributed by atoms with Gasteiger partial charge in [-0.1, -0.05) is 17.7 Å². The van der Waals surface area contributed by atoms with E-state index in [-0.39, 0.29) is 17.5 Å². The molecule has 1 amide bonds. The SMILES string of the molecule is COC(=O)C(CNC(=O)OC(C)C)NS(=O)(=O)c1c(C)cc(C)cc1C. The number of esters is 1. The smallest absolute Gasteiger partial charge is 0.407 e. The summed E-state index contributed by atoms with van der Waals surface area (Å²) in [4.78, 5) is 23.6. The molecule has 1 atom stereocenters. The van der Waals surface area contributed by atoms with E-state index in [2.05, 4.69) is 14.8 Å². The lowest BCUT2D eigenvalue weighted by Crippen LogP contribution is -2.49. The minimum atomic E-state index is -4.01. The predicted octanol–water partition coefficient (Wildman–Crippen LogP) is 1.57. The summed E-state index contributed by atoms with van der Waals surface area (Å²) in [6.07, 6.45) is -1.10. The third-order valence-electron chi connectivity index (χ3n) is 3.45. The van der Waals surface area contributed by atoms with Crippen molar-refractivity contribution in [2.24, 2.45) is 0 Å². The molecule has 0 radical (unpaired) electrons. The molecule has 0 spiro atoms. The highest BCUT2D eigenvalue weighted by Gasteiger charge is 2.29. The second-order valence-corrected chi connectivity index (χ2v) is 7.91. The van der Waals surface area contributed by atoms with E-state index in [4.69, 9.17) is 4.74 Å². The van der Waals surface area contributed by atoms with Crippen molar-refractivity contribution in [3.63, 3.8) is 0 Å². The third kappa shape index (κ3) is 5.99. The lowest BCUT2D eigenvalue weighted by atomic mass is 10.1. The molecule has 1 unspecified atom stereocenters. The average molecular weight is 386 g/mol.